The molecule has 17 heavy (non-hydrogen) atoms. The van der Waals surface area contributed by atoms with Gasteiger partial charge in [-0.2, -0.15) is 0 Å². The Balaban J connectivity index is 2.14. The van der Waals surface area contributed by atoms with Crippen molar-refractivity contribution < 1.29 is 4.79 Å². The minimum Gasteiger partial charge on any atom is -0.296 e. The normalized spacial score (nSPS) is 20.9. The number of nitrogens with zero attached hydrogens (tertiary/aromatic N) is 2. The van der Waals surface area contributed by atoms with Gasteiger partial charge in [-0.1, -0.05) is 12.8 Å². The van der Waals surface area contributed by atoms with E-state index >= 15 is 0 Å². The molecule has 1 saturated carbocycles. The fourth-order valence-electron chi connectivity index (χ4n) is 3.10. The van der Waals surface area contributed by atoms with Crippen molar-refractivity contribution in [1.82, 2.24) is 4.98 Å². The third-order valence-electron chi connectivity index (χ3n) is 3.87. The maximum atomic E-state index is 11.5. The molecule has 1 aliphatic heterocycles. The van der Waals surface area contributed by atoms with Gasteiger partial charge in [0.25, 0.3) is 0 Å². The minimum absolute atomic E-state index is 0.0453. The van der Waals surface area contributed by atoms with Crippen LogP contribution in [0.5, 0.6) is 0 Å². The molecule has 1 spiro atoms. The Labute approximate surface area is 113 Å². The molecule has 0 unspecified atom stereocenters. The first-order valence-corrected chi connectivity index (χ1v) is 6.94. The van der Waals surface area contributed by atoms with Crippen LogP contribution in [-0.2, 0) is 5.41 Å². The lowest BCUT2D eigenvalue weighted by molar-refractivity contribution is 0.263. The maximum Gasteiger partial charge on any atom is 0.320 e. The van der Waals surface area contributed by atoms with Crippen molar-refractivity contribution in [2.75, 3.05) is 11.4 Å². The van der Waals surface area contributed by atoms with Crippen molar-refractivity contribution in [1.29, 1.82) is 0 Å². The van der Waals surface area contributed by atoms with Crippen LogP contribution in [0.3, 0.4) is 0 Å². The predicted molar refractivity (Wildman–Crippen MR) is 70.7 cm³/mol. The molecule has 0 atom stereocenters. The van der Waals surface area contributed by atoms with Crippen LogP contribution in [0.2, 0.25) is 0 Å². The van der Waals surface area contributed by atoms with Gasteiger partial charge in [-0.25, -0.2) is 4.98 Å². The molecule has 1 fully saturated rings. The summed E-state index contributed by atoms with van der Waals surface area (Å²) < 4.78 is 0.825. The zero-order chi connectivity index (χ0) is 12.0. The van der Waals surface area contributed by atoms with E-state index in [2.05, 4.69) is 20.9 Å². The van der Waals surface area contributed by atoms with Crippen LogP contribution < -0.4 is 4.90 Å². The maximum absolute atomic E-state index is 11.5. The smallest absolute Gasteiger partial charge is 0.296 e. The van der Waals surface area contributed by atoms with Gasteiger partial charge in [-0.3, -0.25) is 9.69 Å². The van der Waals surface area contributed by atoms with E-state index in [4.69, 9.17) is 11.6 Å². The topological polar surface area (TPSA) is 33.2 Å². The Morgan fingerprint density at radius 2 is 2.12 bits per heavy atom. The van der Waals surface area contributed by atoms with Crippen LogP contribution in [0.25, 0.3) is 0 Å². The quantitative estimate of drug-likeness (QED) is 0.414. The van der Waals surface area contributed by atoms with Crippen molar-refractivity contribution in [3.8, 4) is 0 Å². The van der Waals surface area contributed by atoms with Crippen molar-refractivity contribution in [2.24, 2.45) is 0 Å². The first kappa shape index (κ1) is 11.5. The minimum atomic E-state index is -0.404. The molecule has 1 aromatic rings. The molecule has 1 amide bonds. The Morgan fingerprint density at radius 3 is 2.76 bits per heavy atom. The number of anilines is 1. The predicted octanol–water partition coefficient (Wildman–Crippen LogP) is 3.83. The van der Waals surface area contributed by atoms with Gasteiger partial charge in [-0.05, 0) is 52.5 Å². The lowest BCUT2D eigenvalue weighted by atomic mass is 9.84. The highest BCUT2D eigenvalue weighted by atomic mass is 79.9. The van der Waals surface area contributed by atoms with Crippen molar-refractivity contribution in [3.63, 3.8) is 0 Å². The monoisotopic (exact) mass is 314 g/mol. The molecule has 3 nitrogen and oxygen atoms in total. The zero-order valence-electron chi connectivity index (χ0n) is 9.25. The summed E-state index contributed by atoms with van der Waals surface area (Å²) in [6, 6.07) is 3.79. The van der Waals surface area contributed by atoms with Crippen LogP contribution in [-0.4, -0.2) is 16.9 Å². The van der Waals surface area contributed by atoms with E-state index in [1.807, 2.05) is 12.1 Å². The summed E-state index contributed by atoms with van der Waals surface area (Å²) in [5, 5.41) is -0.404. The first-order chi connectivity index (χ1) is 8.12. The van der Waals surface area contributed by atoms with Crippen molar-refractivity contribution >= 4 is 38.6 Å². The summed E-state index contributed by atoms with van der Waals surface area (Å²) >= 11 is 9.07. The lowest BCUT2D eigenvalue weighted by Crippen LogP contribution is -2.32. The largest absolute Gasteiger partial charge is 0.320 e. The summed E-state index contributed by atoms with van der Waals surface area (Å²) in [7, 11) is 0. The molecule has 0 aromatic carbocycles. The number of aromatic nitrogens is 1. The zero-order valence-corrected chi connectivity index (χ0v) is 11.6. The number of amides is 1. The number of halogens is 2. The molecule has 90 valence electrons. The molecule has 1 aromatic heterocycles. The van der Waals surface area contributed by atoms with E-state index in [-0.39, 0.29) is 5.41 Å². The highest BCUT2D eigenvalue weighted by molar-refractivity contribution is 9.10. The standard InChI is InChI=1S/C12H12BrClN2O/c13-9-4-3-8-10(15-9)12(5-1-2-6-12)7-16(8)11(14)17/h3-4H,1-2,5-7H2. The average molecular weight is 316 g/mol. The molecule has 2 aliphatic rings. The Bertz CT molecular complexity index is 485. The van der Waals surface area contributed by atoms with Gasteiger partial charge in [0.05, 0.1) is 11.4 Å². The number of hydrogen-bond acceptors (Lipinski definition) is 2. The highest BCUT2D eigenvalue weighted by Gasteiger charge is 2.47. The van der Waals surface area contributed by atoms with E-state index in [1.165, 1.54) is 12.8 Å². The number of carbonyl (C=O) groups is 1. The third-order valence-corrected chi connectivity index (χ3v) is 4.51. The second-order valence-corrected chi connectivity index (χ2v) is 5.96. The first-order valence-electron chi connectivity index (χ1n) is 5.76. The Kier molecular flexibility index (Phi) is 2.67. The van der Waals surface area contributed by atoms with Gasteiger partial charge < -0.3 is 0 Å². The fraction of sp³-hybridized carbons (Fsp3) is 0.500. The summed E-state index contributed by atoms with van der Waals surface area (Å²) in [5.41, 5.74) is 1.97. The SMILES string of the molecule is O=C(Cl)N1CC2(CCCC2)c2nc(Br)ccc21. The van der Waals surface area contributed by atoms with Crippen LogP contribution in [0.15, 0.2) is 16.7 Å². The summed E-state index contributed by atoms with van der Waals surface area (Å²) in [6.07, 6.45) is 4.62. The van der Waals surface area contributed by atoms with Gasteiger partial charge in [-0.15, -0.1) is 0 Å². The van der Waals surface area contributed by atoms with E-state index in [0.29, 0.717) is 6.54 Å². The number of pyridine rings is 1. The summed E-state index contributed by atoms with van der Waals surface area (Å²) in [6.45, 7) is 0.689. The number of carbonyl (C=O) groups excluding carboxylic acids is 1. The Hall–Kier alpha value is -0.610. The van der Waals surface area contributed by atoms with E-state index in [0.717, 1.165) is 28.8 Å². The van der Waals surface area contributed by atoms with Gasteiger partial charge >= 0.3 is 5.37 Å². The molecular formula is C12H12BrClN2O. The molecular weight excluding hydrogens is 304 g/mol. The van der Waals surface area contributed by atoms with Crippen LogP contribution in [0, 0.1) is 0 Å². The number of fused-ring (bicyclic) bond motifs is 2. The fourth-order valence-corrected chi connectivity index (χ4v) is 3.56. The highest BCUT2D eigenvalue weighted by Crippen LogP contribution is 2.50. The van der Waals surface area contributed by atoms with Crippen LogP contribution in [0.4, 0.5) is 10.5 Å². The van der Waals surface area contributed by atoms with Crippen LogP contribution >= 0.6 is 27.5 Å². The van der Waals surface area contributed by atoms with Gasteiger partial charge in [0.1, 0.15) is 4.60 Å². The molecule has 0 bridgehead atoms. The Morgan fingerprint density at radius 1 is 1.41 bits per heavy atom. The van der Waals surface area contributed by atoms with E-state index in [9.17, 15) is 4.79 Å². The molecule has 0 N–H and O–H groups in total. The second kappa shape index (κ2) is 3.95. The molecule has 0 radical (unpaired) electrons. The van der Waals surface area contributed by atoms with E-state index in [1.54, 1.807) is 4.90 Å². The van der Waals surface area contributed by atoms with Gasteiger partial charge in [0.2, 0.25) is 0 Å². The average Bonchev–Trinajstić information content (AvgIpc) is 2.87. The van der Waals surface area contributed by atoms with Gasteiger partial charge in [0.15, 0.2) is 0 Å². The molecule has 1 aliphatic carbocycles. The number of hydrogen-bond donors (Lipinski definition) is 0. The van der Waals surface area contributed by atoms with Crippen LogP contribution in [0.1, 0.15) is 31.4 Å². The van der Waals surface area contributed by atoms with Gasteiger partial charge in [0, 0.05) is 12.0 Å². The second-order valence-electron chi connectivity index (χ2n) is 4.83. The van der Waals surface area contributed by atoms with Crippen molar-refractivity contribution in [2.45, 2.75) is 31.1 Å². The van der Waals surface area contributed by atoms with Crippen molar-refractivity contribution in [3.05, 3.63) is 22.4 Å². The molecule has 3 rings (SSSR count). The molecule has 2 heterocycles. The molecule has 5 heteroatoms. The van der Waals surface area contributed by atoms with E-state index < -0.39 is 5.37 Å². The summed E-state index contributed by atoms with van der Waals surface area (Å²) in [4.78, 5) is 17.7. The summed E-state index contributed by atoms with van der Waals surface area (Å²) in [5.74, 6) is 0. The molecule has 0 saturated heterocycles. The number of rotatable bonds is 0. The lowest BCUT2D eigenvalue weighted by Gasteiger charge is -2.22. The third kappa shape index (κ3) is 1.69.